The standard InChI is InChI=1S/C10H5ClF3NO2/c1-17-7-3-5(4-15)2-6(9(11)16)8(7)10(12,13)14/h2-3H,1H3. The lowest BCUT2D eigenvalue weighted by Gasteiger charge is -2.14. The maximum Gasteiger partial charge on any atom is 0.420 e. The summed E-state index contributed by atoms with van der Waals surface area (Å²) in [5.41, 5.74) is -2.21. The quantitative estimate of drug-likeness (QED) is 0.771. The van der Waals surface area contributed by atoms with Gasteiger partial charge >= 0.3 is 6.18 Å². The highest BCUT2D eigenvalue weighted by Crippen LogP contribution is 2.39. The maximum atomic E-state index is 12.7. The summed E-state index contributed by atoms with van der Waals surface area (Å²) >= 11 is 5.07. The molecule has 17 heavy (non-hydrogen) atoms. The van der Waals surface area contributed by atoms with Gasteiger partial charge in [0.25, 0.3) is 5.24 Å². The zero-order valence-corrected chi connectivity index (χ0v) is 9.19. The molecule has 0 spiro atoms. The molecule has 1 rings (SSSR count). The van der Waals surface area contributed by atoms with Crippen molar-refractivity contribution in [2.45, 2.75) is 6.18 Å². The maximum absolute atomic E-state index is 12.7. The second kappa shape index (κ2) is 4.63. The van der Waals surface area contributed by atoms with Crippen molar-refractivity contribution < 1.29 is 22.7 Å². The van der Waals surface area contributed by atoms with Gasteiger partial charge in [-0.05, 0) is 23.7 Å². The number of carbonyl (C=O) groups is 1. The minimum Gasteiger partial charge on any atom is -0.496 e. The van der Waals surface area contributed by atoms with Crippen LogP contribution in [-0.4, -0.2) is 12.4 Å². The fraction of sp³-hybridized carbons (Fsp3) is 0.200. The van der Waals surface area contributed by atoms with Crippen LogP contribution >= 0.6 is 11.6 Å². The number of carbonyl (C=O) groups excluding carboxylic acids is 1. The van der Waals surface area contributed by atoms with Crippen molar-refractivity contribution in [3.8, 4) is 11.8 Å². The van der Waals surface area contributed by atoms with Crippen molar-refractivity contribution in [1.82, 2.24) is 0 Å². The summed E-state index contributed by atoms with van der Waals surface area (Å²) < 4.78 is 42.7. The van der Waals surface area contributed by atoms with Crippen LogP contribution in [-0.2, 0) is 6.18 Å². The predicted molar refractivity (Wildman–Crippen MR) is 52.9 cm³/mol. The Kier molecular flexibility index (Phi) is 3.63. The van der Waals surface area contributed by atoms with Gasteiger partial charge in [0.15, 0.2) is 0 Å². The molecule has 0 N–H and O–H groups in total. The first-order chi connectivity index (χ1) is 7.81. The zero-order chi connectivity index (χ0) is 13.2. The van der Waals surface area contributed by atoms with E-state index in [0.29, 0.717) is 0 Å². The number of rotatable bonds is 2. The third-order valence-corrected chi connectivity index (χ3v) is 2.15. The third-order valence-electron chi connectivity index (χ3n) is 1.95. The van der Waals surface area contributed by atoms with Gasteiger partial charge in [0.05, 0.1) is 24.3 Å². The van der Waals surface area contributed by atoms with Gasteiger partial charge in [0.2, 0.25) is 0 Å². The lowest BCUT2D eigenvalue weighted by molar-refractivity contribution is -0.139. The molecule has 0 bridgehead atoms. The average molecular weight is 264 g/mol. The van der Waals surface area contributed by atoms with Crippen LogP contribution in [0.1, 0.15) is 21.5 Å². The van der Waals surface area contributed by atoms with Crippen LogP contribution in [0.4, 0.5) is 13.2 Å². The number of hydrogen-bond donors (Lipinski definition) is 0. The Bertz CT molecular complexity index is 505. The molecule has 0 aliphatic rings. The van der Waals surface area contributed by atoms with Gasteiger partial charge in [-0.2, -0.15) is 18.4 Å². The minimum atomic E-state index is -4.79. The lowest BCUT2D eigenvalue weighted by atomic mass is 10.0. The summed E-state index contributed by atoms with van der Waals surface area (Å²) in [4.78, 5) is 10.9. The van der Waals surface area contributed by atoms with Crippen molar-refractivity contribution in [3.63, 3.8) is 0 Å². The van der Waals surface area contributed by atoms with E-state index in [1.165, 1.54) is 0 Å². The number of benzene rings is 1. The molecule has 90 valence electrons. The largest absolute Gasteiger partial charge is 0.496 e. The molecule has 0 aliphatic carbocycles. The zero-order valence-electron chi connectivity index (χ0n) is 8.43. The van der Waals surface area contributed by atoms with Gasteiger partial charge in [0, 0.05) is 0 Å². The van der Waals surface area contributed by atoms with Gasteiger partial charge in [0.1, 0.15) is 11.3 Å². The van der Waals surface area contributed by atoms with Crippen LogP contribution in [0, 0.1) is 11.3 Å². The molecule has 7 heteroatoms. The van der Waals surface area contributed by atoms with Crippen LogP contribution in [0.15, 0.2) is 12.1 Å². The Morgan fingerprint density at radius 1 is 1.47 bits per heavy atom. The molecule has 0 saturated heterocycles. The normalized spacial score (nSPS) is 10.8. The van der Waals surface area contributed by atoms with Crippen molar-refractivity contribution in [2.24, 2.45) is 0 Å². The molecular formula is C10H5ClF3NO2. The molecule has 0 unspecified atom stereocenters. The number of alkyl halides is 3. The Hall–Kier alpha value is -1.74. The number of methoxy groups -OCH3 is 1. The Labute approximate surface area is 99.4 Å². The highest BCUT2D eigenvalue weighted by atomic mass is 35.5. The topological polar surface area (TPSA) is 50.1 Å². The molecule has 0 amide bonds. The number of ether oxygens (including phenoxy) is 1. The van der Waals surface area contributed by atoms with Crippen molar-refractivity contribution >= 4 is 16.8 Å². The van der Waals surface area contributed by atoms with Gasteiger partial charge in [-0.25, -0.2) is 0 Å². The lowest BCUT2D eigenvalue weighted by Crippen LogP contribution is -2.13. The van der Waals surface area contributed by atoms with E-state index in [9.17, 15) is 18.0 Å². The molecule has 0 atom stereocenters. The number of nitrogens with zero attached hydrogens (tertiary/aromatic N) is 1. The summed E-state index contributed by atoms with van der Waals surface area (Å²) in [6.45, 7) is 0. The second-order valence-electron chi connectivity index (χ2n) is 2.98. The van der Waals surface area contributed by atoms with Crippen LogP contribution < -0.4 is 4.74 Å². The number of hydrogen-bond acceptors (Lipinski definition) is 3. The van der Waals surface area contributed by atoms with Crippen LogP contribution in [0.3, 0.4) is 0 Å². The summed E-state index contributed by atoms with van der Waals surface area (Å²) in [5, 5.41) is 7.32. The third kappa shape index (κ3) is 2.68. The van der Waals surface area contributed by atoms with E-state index >= 15 is 0 Å². The van der Waals surface area contributed by atoms with Crippen LogP contribution in [0.5, 0.6) is 5.75 Å². The van der Waals surface area contributed by atoms with E-state index in [-0.39, 0.29) is 5.56 Å². The van der Waals surface area contributed by atoms with E-state index in [4.69, 9.17) is 16.9 Å². The Morgan fingerprint density at radius 3 is 2.41 bits per heavy atom. The van der Waals surface area contributed by atoms with E-state index in [1.54, 1.807) is 6.07 Å². The van der Waals surface area contributed by atoms with Gasteiger partial charge < -0.3 is 4.74 Å². The van der Waals surface area contributed by atoms with E-state index < -0.39 is 28.3 Å². The fourth-order valence-corrected chi connectivity index (χ4v) is 1.44. The highest BCUT2D eigenvalue weighted by Gasteiger charge is 2.39. The monoisotopic (exact) mass is 263 g/mol. The first kappa shape index (κ1) is 13.3. The van der Waals surface area contributed by atoms with Gasteiger partial charge in [-0.15, -0.1) is 0 Å². The molecular weight excluding hydrogens is 259 g/mol. The Morgan fingerprint density at radius 2 is 2.06 bits per heavy atom. The molecule has 0 heterocycles. The molecule has 0 aliphatic heterocycles. The first-order valence-electron chi connectivity index (χ1n) is 4.20. The molecule has 0 saturated carbocycles. The molecule has 1 aromatic carbocycles. The number of nitriles is 1. The summed E-state index contributed by atoms with van der Waals surface area (Å²) in [6, 6.07) is 3.29. The fourth-order valence-electron chi connectivity index (χ4n) is 1.29. The van der Waals surface area contributed by atoms with E-state index in [0.717, 1.165) is 19.2 Å². The van der Waals surface area contributed by atoms with Crippen molar-refractivity contribution in [3.05, 3.63) is 28.8 Å². The molecule has 0 fully saturated rings. The number of halogens is 4. The first-order valence-corrected chi connectivity index (χ1v) is 4.58. The van der Waals surface area contributed by atoms with Crippen LogP contribution in [0.2, 0.25) is 0 Å². The van der Waals surface area contributed by atoms with Crippen molar-refractivity contribution in [2.75, 3.05) is 7.11 Å². The summed E-state index contributed by atoms with van der Waals surface area (Å²) in [6.07, 6.45) is -4.79. The Balaban J connectivity index is 3.66. The van der Waals surface area contributed by atoms with Crippen molar-refractivity contribution in [1.29, 1.82) is 5.26 Å². The second-order valence-corrected chi connectivity index (χ2v) is 3.33. The molecule has 1 aromatic rings. The molecule has 0 aromatic heterocycles. The molecule has 0 radical (unpaired) electrons. The van der Waals surface area contributed by atoms with E-state index in [2.05, 4.69) is 4.74 Å². The van der Waals surface area contributed by atoms with Gasteiger partial charge in [-0.3, -0.25) is 4.79 Å². The van der Waals surface area contributed by atoms with E-state index in [1.807, 2.05) is 0 Å². The summed E-state index contributed by atoms with van der Waals surface area (Å²) in [5.74, 6) is -0.611. The SMILES string of the molecule is COc1cc(C#N)cc(C(=O)Cl)c1C(F)(F)F. The smallest absolute Gasteiger partial charge is 0.420 e. The summed E-state index contributed by atoms with van der Waals surface area (Å²) in [7, 11) is 1.01. The van der Waals surface area contributed by atoms with Gasteiger partial charge in [-0.1, -0.05) is 0 Å². The van der Waals surface area contributed by atoms with Crippen LogP contribution in [0.25, 0.3) is 0 Å². The minimum absolute atomic E-state index is 0.140. The predicted octanol–water partition coefficient (Wildman–Crippen LogP) is 2.96. The highest BCUT2D eigenvalue weighted by molar-refractivity contribution is 6.68. The average Bonchev–Trinajstić information content (AvgIpc) is 2.25. The molecule has 3 nitrogen and oxygen atoms in total.